The van der Waals surface area contributed by atoms with Gasteiger partial charge in [0.1, 0.15) is 10.7 Å². The smallest absolute Gasteiger partial charge is 0.256 e. The number of hydrogen-bond donors (Lipinski definition) is 2. The van der Waals surface area contributed by atoms with E-state index in [2.05, 4.69) is 15.0 Å². The zero-order chi connectivity index (χ0) is 19.3. The van der Waals surface area contributed by atoms with E-state index in [1.807, 2.05) is 18.2 Å². The third-order valence-electron chi connectivity index (χ3n) is 3.70. The number of aromatic nitrogens is 1. The summed E-state index contributed by atoms with van der Waals surface area (Å²) < 4.78 is 27.7. The van der Waals surface area contributed by atoms with Crippen LogP contribution in [0.5, 0.6) is 0 Å². The van der Waals surface area contributed by atoms with E-state index >= 15 is 0 Å². The van der Waals surface area contributed by atoms with Crippen LogP contribution in [0, 0.1) is 0 Å². The summed E-state index contributed by atoms with van der Waals surface area (Å²) in [6, 6.07) is 18.3. The summed E-state index contributed by atoms with van der Waals surface area (Å²) in [5, 5.41) is 2.64. The first kappa shape index (κ1) is 19.0. The van der Waals surface area contributed by atoms with Crippen LogP contribution in [-0.2, 0) is 16.6 Å². The number of halogens is 1. The maximum Gasteiger partial charge on any atom is 0.256 e. The number of nitrogens with zero attached hydrogens (tertiary/aromatic N) is 1. The topological polar surface area (TPSA) is 88.2 Å². The molecule has 0 fully saturated rings. The van der Waals surface area contributed by atoms with Crippen molar-refractivity contribution in [2.75, 3.05) is 5.32 Å². The first-order chi connectivity index (χ1) is 13.0. The molecule has 0 unspecified atom stereocenters. The van der Waals surface area contributed by atoms with Crippen molar-refractivity contribution >= 4 is 33.3 Å². The maximum absolute atomic E-state index is 12.6. The number of sulfonamides is 1. The van der Waals surface area contributed by atoms with Gasteiger partial charge >= 0.3 is 0 Å². The lowest BCUT2D eigenvalue weighted by Crippen LogP contribution is -2.24. The van der Waals surface area contributed by atoms with E-state index in [-0.39, 0.29) is 22.0 Å². The molecular formula is C19H16ClN3O3S. The van der Waals surface area contributed by atoms with Gasteiger partial charge in [-0.1, -0.05) is 48.0 Å². The van der Waals surface area contributed by atoms with Gasteiger partial charge in [-0.2, -0.15) is 0 Å². The Morgan fingerprint density at radius 2 is 1.74 bits per heavy atom. The summed E-state index contributed by atoms with van der Waals surface area (Å²) in [5.41, 5.74) is 0.964. The largest absolute Gasteiger partial charge is 0.307 e. The Morgan fingerprint density at radius 3 is 2.44 bits per heavy atom. The number of carbonyl (C=O) groups is 1. The molecule has 2 aromatic carbocycles. The van der Waals surface area contributed by atoms with E-state index in [9.17, 15) is 13.2 Å². The second-order valence-electron chi connectivity index (χ2n) is 5.62. The summed E-state index contributed by atoms with van der Waals surface area (Å²) in [6.45, 7) is 0.115. The summed E-state index contributed by atoms with van der Waals surface area (Å²) in [4.78, 5) is 16.2. The molecule has 27 heavy (non-hydrogen) atoms. The normalized spacial score (nSPS) is 11.1. The fourth-order valence-electron chi connectivity index (χ4n) is 2.33. The van der Waals surface area contributed by atoms with Crippen molar-refractivity contribution in [3.63, 3.8) is 0 Å². The predicted molar refractivity (Wildman–Crippen MR) is 104 cm³/mol. The Balaban J connectivity index is 1.80. The molecule has 0 radical (unpaired) electrons. The lowest BCUT2D eigenvalue weighted by Gasteiger charge is -2.10. The number of anilines is 1. The molecule has 1 aromatic heterocycles. The molecule has 0 bridgehead atoms. The third kappa shape index (κ3) is 4.91. The van der Waals surface area contributed by atoms with Crippen molar-refractivity contribution in [2.45, 2.75) is 11.4 Å². The SMILES string of the molecule is O=C(Nc1ccccn1)c1ccc(Cl)c(S(=O)(=O)NCc2ccccc2)c1. The number of rotatable bonds is 6. The molecule has 0 aliphatic carbocycles. The van der Waals surface area contributed by atoms with E-state index in [4.69, 9.17) is 11.6 Å². The molecule has 8 heteroatoms. The average Bonchev–Trinajstić information content (AvgIpc) is 2.68. The first-order valence-corrected chi connectivity index (χ1v) is 9.87. The minimum Gasteiger partial charge on any atom is -0.307 e. The highest BCUT2D eigenvalue weighted by molar-refractivity contribution is 7.89. The van der Waals surface area contributed by atoms with E-state index in [1.54, 1.807) is 36.5 Å². The van der Waals surface area contributed by atoms with E-state index in [1.165, 1.54) is 18.2 Å². The summed E-state index contributed by atoms with van der Waals surface area (Å²) in [7, 11) is -3.90. The van der Waals surface area contributed by atoms with Crippen LogP contribution in [0.25, 0.3) is 0 Å². The lowest BCUT2D eigenvalue weighted by molar-refractivity contribution is 0.102. The van der Waals surface area contributed by atoms with Crippen LogP contribution >= 0.6 is 11.6 Å². The minimum absolute atomic E-state index is 0.0324. The van der Waals surface area contributed by atoms with Gasteiger partial charge in [0.25, 0.3) is 5.91 Å². The Hall–Kier alpha value is -2.74. The van der Waals surface area contributed by atoms with Gasteiger partial charge in [-0.3, -0.25) is 4.79 Å². The number of nitrogens with one attached hydrogen (secondary N) is 2. The van der Waals surface area contributed by atoms with Gasteiger partial charge in [0.15, 0.2) is 0 Å². The van der Waals surface area contributed by atoms with Gasteiger partial charge in [-0.15, -0.1) is 0 Å². The molecule has 3 aromatic rings. The number of hydrogen-bond acceptors (Lipinski definition) is 4. The molecule has 138 valence electrons. The van der Waals surface area contributed by atoms with Gasteiger partial charge in [-0.25, -0.2) is 18.1 Å². The van der Waals surface area contributed by atoms with E-state index < -0.39 is 15.9 Å². The standard InChI is InChI=1S/C19H16ClN3O3S/c20-16-10-9-15(19(24)23-18-8-4-5-11-21-18)12-17(16)27(25,26)22-13-14-6-2-1-3-7-14/h1-12,22H,13H2,(H,21,23,24). The molecule has 0 spiro atoms. The highest BCUT2D eigenvalue weighted by Gasteiger charge is 2.20. The van der Waals surface area contributed by atoms with Crippen LogP contribution in [0.4, 0.5) is 5.82 Å². The number of amides is 1. The van der Waals surface area contributed by atoms with Gasteiger partial charge < -0.3 is 5.32 Å². The molecule has 2 N–H and O–H groups in total. The third-order valence-corrected chi connectivity index (χ3v) is 5.58. The summed E-state index contributed by atoms with van der Waals surface area (Å²) >= 11 is 6.06. The molecule has 0 saturated heterocycles. The molecule has 1 amide bonds. The second kappa shape index (κ2) is 8.30. The van der Waals surface area contributed by atoms with Gasteiger partial charge in [0.05, 0.1) is 5.02 Å². The predicted octanol–water partition coefficient (Wildman–Crippen LogP) is 3.47. The van der Waals surface area contributed by atoms with Crippen molar-refractivity contribution in [3.8, 4) is 0 Å². The quantitative estimate of drug-likeness (QED) is 0.662. The Labute approximate surface area is 162 Å². The fraction of sp³-hybridized carbons (Fsp3) is 0.0526. The average molecular weight is 402 g/mol. The van der Waals surface area contributed by atoms with Crippen LogP contribution in [0.1, 0.15) is 15.9 Å². The van der Waals surface area contributed by atoms with Crippen LogP contribution in [-0.4, -0.2) is 19.3 Å². The number of benzene rings is 2. The minimum atomic E-state index is -3.90. The molecule has 0 saturated carbocycles. The number of carbonyl (C=O) groups excluding carboxylic acids is 1. The van der Waals surface area contributed by atoms with E-state index in [0.717, 1.165) is 5.56 Å². The lowest BCUT2D eigenvalue weighted by atomic mass is 10.2. The number of pyridine rings is 1. The summed E-state index contributed by atoms with van der Waals surface area (Å²) in [6.07, 6.45) is 1.54. The molecule has 0 atom stereocenters. The highest BCUT2D eigenvalue weighted by Crippen LogP contribution is 2.23. The van der Waals surface area contributed by atoms with Crippen molar-refractivity contribution < 1.29 is 13.2 Å². The van der Waals surface area contributed by atoms with Gasteiger partial charge in [-0.05, 0) is 35.9 Å². The maximum atomic E-state index is 12.6. The molecule has 6 nitrogen and oxygen atoms in total. The Bertz CT molecular complexity index is 1040. The molecule has 0 aliphatic rings. The van der Waals surface area contributed by atoms with Crippen molar-refractivity contribution in [1.29, 1.82) is 0 Å². The molecule has 0 aliphatic heterocycles. The van der Waals surface area contributed by atoms with Gasteiger partial charge in [0, 0.05) is 18.3 Å². The Morgan fingerprint density at radius 1 is 1.00 bits per heavy atom. The van der Waals surface area contributed by atoms with Crippen molar-refractivity contribution in [2.24, 2.45) is 0 Å². The van der Waals surface area contributed by atoms with Crippen LogP contribution in [0.2, 0.25) is 5.02 Å². The Kier molecular flexibility index (Phi) is 5.85. The van der Waals surface area contributed by atoms with E-state index in [0.29, 0.717) is 5.82 Å². The molecule has 3 rings (SSSR count). The first-order valence-electron chi connectivity index (χ1n) is 8.01. The highest BCUT2D eigenvalue weighted by atomic mass is 35.5. The van der Waals surface area contributed by atoms with Crippen molar-refractivity contribution in [3.05, 3.63) is 89.1 Å². The van der Waals surface area contributed by atoms with Crippen LogP contribution < -0.4 is 10.0 Å². The van der Waals surface area contributed by atoms with Crippen LogP contribution in [0.3, 0.4) is 0 Å². The zero-order valence-electron chi connectivity index (χ0n) is 14.1. The van der Waals surface area contributed by atoms with Crippen LogP contribution in [0.15, 0.2) is 77.8 Å². The van der Waals surface area contributed by atoms with Crippen molar-refractivity contribution in [1.82, 2.24) is 9.71 Å². The molecular weight excluding hydrogens is 386 g/mol. The second-order valence-corrected chi connectivity index (χ2v) is 7.77. The monoisotopic (exact) mass is 401 g/mol. The fourth-order valence-corrected chi connectivity index (χ4v) is 3.87. The zero-order valence-corrected chi connectivity index (χ0v) is 15.7. The van der Waals surface area contributed by atoms with Gasteiger partial charge in [0.2, 0.25) is 10.0 Å². The molecule has 1 heterocycles. The summed E-state index contributed by atoms with van der Waals surface area (Å²) in [5.74, 6) is -0.117.